The van der Waals surface area contributed by atoms with Gasteiger partial charge in [-0.15, -0.1) is 5.10 Å². The van der Waals surface area contributed by atoms with Crippen LogP contribution in [-0.2, 0) is 32.6 Å². The lowest BCUT2D eigenvalue weighted by Gasteiger charge is -2.23. The Morgan fingerprint density at radius 3 is 2.88 bits per heavy atom. The summed E-state index contributed by atoms with van der Waals surface area (Å²) in [6.07, 6.45) is 0.963. The summed E-state index contributed by atoms with van der Waals surface area (Å²) < 4.78 is 48.3. The molecule has 1 aliphatic heterocycles. The van der Waals surface area contributed by atoms with Crippen LogP contribution >= 0.6 is 0 Å². The van der Waals surface area contributed by atoms with Crippen LogP contribution in [0.25, 0.3) is 11.0 Å². The molecule has 32 heavy (non-hydrogen) atoms. The first kappa shape index (κ1) is 22.3. The largest absolute Gasteiger partial charge is 0.383 e. The van der Waals surface area contributed by atoms with Gasteiger partial charge in [-0.3, -0.25) is 4.79 Å². The van der Waals surface area contributed by atoms with Gasteiger partial charge in [-0.1, -0.05) is 23.4 Å². The Morgan fingerprint density at radius 1 is 1.28 bits per heavy atom. The number of nitrogens with zero attached hydrogens (tertiary/aromatic N) is 4. The number of methoxy groups -OCH3 is 1. The highest BCUT2D eigenvalue weighted by molar-refractivity contribution is 7.89. The standard InChI is InChI=1S/C21H24FN5O4S/c1-31-12-11-26-19-9-8-16(13-18(19)24-25-26)32(29,30)27-10-4-7-20(27)21(28)23-14-15-5-2-3-6-17(15)22/h2-3,5-6,8-9,13,20H,4,7,10-12,14H2,1H3,(H,23,28). The van der Waals surface area contributed by atoms with Gasteiger partial charge in [-0.05, 0) is 37.1 Å². The summed E-state index contributed by atoms with van der Waals surface area (Å²) in [5.74, 6) is -0.864. The van der Waals surface area contributed by atoms with E-state index < -0.39 is 27.8 Å². The molecule has 0 bridgehead atoms. The van der Waals surface area contributed by atoms with Crippen molar-refractivity contribution in [1.82, 2.24) is 24.6 Å². The van der Waals surface area contributed by atoms with E-state index in [0.717, 1.165) is 0 Å². The second kappa shape index (κ2) is 9.31. The number of fused-ring (bicyclic) bond motifs is 1. The van der Waals surface area contributed by atoms with Crippen molar-refractivity contribution in [3.63, 3.8) is 0 Å². The molecule has 170 valence electrons. The first-order chi connectivity index (χ1) is 15.4. The van der Waals surface area contributed by atoms with Gasteiger partial charge in [0.1, 0.15) is 17.4 Å². The highest BCUT2D eigenvalue weighted by Gasteiger charge is 2.39. The van der Waals surface area contributed by atoms with Crippen molar-refractivity contribution >= 4 is 27.0 Å². The summed E-state index contributed by atoms with van der Waals surface area (Å²) >= 11 is 0. The summed E-state index contributed by atoms with van der Waals surface area (Å²) in [7, 11) is -2.34. The van der Waals surface area contributed by atoms with Gasteiger partial charge in [0, 0.05) is 25.8 Å². The molecule has 1 aliphatic rings. The van der Waals surface area contributed by atoms with Gasteiger partial charge in [0.2, 0.25) is 15.9 Å². The third kappa shape index (κ3) is 4.36. The van der Waals surface area contributed by atoms with Gasteiger partial charge in [0.05, 0.1) is 23.6 Å². The Hall–Kier alpha value is -2.89. The molecular weight excluding hydrogens is 437 g/mol. The van der Waals surface area contributed by atoms with Crippen molar-refractivity contribution in [2.24, 2.45) is 0 Å². The van der Waals surface area contributed by atoms with Crippen LogP contribution in [0.15, 0.2) is 47.4 Å². The van der Waals surface area contributed by atoms with Gasteiger partial charge in [-0.25, -0.2) is 17.5 Å². The van der Waals surface area contributed by atoms with Crippen molar-refractivity contribution in [2.75, 3.05) is 20.3 Å². The maximum atomic E-state index is 13.8. The molecule has 9 nitrogen and oxygen atoms in total. The Balaban J connectivity index is 1.52. The second-order valence-electron chi connectivity index (χ2n) is 7.54. The van der Waals surface area contributed by atoms with Crippen molar-refractivity contribution in [3.8, 4) is 0 Å². The maximum absolute atomic E-state index is 13.8. The summed E-state index contributed by atoms with van der Waals surface area (Å²) in [4.78, 5) is 12.8. The van der Waals surface area contributed by atoms with E-state index in [2.05, 4.69) is 15.6 Å². The third-order valence-corrected chi connectivity index (χ3v) is 7.42. The average Bonchev–Trinajstić information content (AvgIpc) is 3.44. The van der Waals surface area contributed by atoms with E-state index in [1.54, 1.807) is 36.1 Å². The zero-order valence-corrected chi connectivity index (χ0v) is 18.4. The van der Waals surface area contributed by atoms with Crippen LogP contribution in [0.3, 0.4) is 0 Å². The highest BCUT2D eigenvalue weighted by atomic mass is 32.2. The molecule has 0 aliphatic carbocycles. The number of ether oxygens (including phenoxy) is 1. The molecule has 3 aromatic rings. The number of carbonyl (C=O) groups excluding carboxylic acids is 1. The van der Waals surface area contributed by atoms with Crippen LogP contribution in [0, 0.1) is 5.82 Å². The molecule has 1 amide bonds. The van der Waals surface area contributed by atoms with E-state index in [4.69, 9.17) is 4.74 Å². The van der Waals surface area contributed by atoms with E-state index >= 15 is 0 Å². The van der Waals surface area contributed by atoms with Crippen molar-refractivity contribution < 1.29 is 22.3 Å². The molecule has 1 fully saturated rings. The number of carbonyl (C=O) groups is 1. The van der Waals surface area contributed by atoms with Crippen molar-refractivity contribution in [3.05, 3.63) is 53.8 Å². The first-order valence-electron chi connectivity index (χ1n) is 10.3. The van der Waals surface area contributed by atoms with E-state index in [9.17, 15) is 17.6 Å². The van der Waals surface area contributed by atoms with E-state index in [1.165, 1.54) is 22.5 Å². The Morgan fingerprint density at radius 2 is 2.09 bits per heavy atom. The lowest BCUT2D eigenvalue weighted by molar-refractivity contribution is -0.124. The summed E-state index contributed by atoms with van der Waals surface area (Å²) in [6.45, 7) is 1.18. The Kier molecular flexibility index (Phi) is 6.49. The zero-order chi connectivity index (χ0) is 22.7. The molecule has 1 saturated heterocycles. The fourth-order valence-corrected chi connectivity index (χ4v) is 5.50. The molecule has 2 aromatic carbocycles. The lowest BCUT2D eigenvalue weighted by Crippen LogP contribution is -2.45. The molecule has 1 aromatic heterocycles. The SMILES string of the molecule is COCCn1nnc2cc(S(=O)(=O)N3CCCC3C(=O)NCc3ccccc3F)ccc21. The summed E-state index contributed by atoms with van der Waals surface area (Å²) in [6, 6.07) is 9.91. The number of halogens is 1. The Bertz CT molecular complexity index is 1230. The van der Waals surface area contributed by atoms with Crippen LogP contribution in [0.2, 0.25) is 0 Å². The molecule has 1 atom stereocenters. The van der Waals surface area contributed by atoms with E-state index in [0.29, 0.717) is 42.6 Å². The minimum atomic E-state index is -3.93. The van der Waals surface area contributed by atoms with Crippen LogP contribution in [-0.4, -0.2) is 59.9 Å². The maximum Gasteiger partial charge on any atom is 0.243 e. The average molecular weight is 462 g/mol. The fourth-order valence-electron chi connectivity index (χ4n) is 3.82. The van der Waals surface area contributed by atoms with E-state index in [1.807, 2.05) is 0 Å². The molecule has 1 N–H and O–H groups in total. The minimum absolute atomic E-state index is 0.00751. The number of hydrogen-bond acceptors (Lipinski definition) is 6. The van der Waals surface area contributed by atoms with Crippen LogP contribution < -0.4 is 5.32 Å². The number of amides is 1. The molecule has 2 heterocycles. The molecule has 4 rings (SSSR count). The first-order valence-corrected chi connectivity index (χ1v) is 11.7. The zero-order valence-electron chi connectivity index (χ0n) is 17.6. The van der Waals surface area contributed by atoms with Crippen molar-refractivity contribution in [1.29, 1.82) is 0 Å². The number of sulfonamides is 1. The topological polar surface area (TPSA) is 106 Å². The number of benzene rings is 2. The normalized spacial score (nSPS) is 17.1. The molecule has 0 spiro atoms. The molecule has 0 saturated carbocycles. The summed E-state index contributed by atoms with van der Waals surface area (Å²) in [5, 5.41) is 10.8. The molecule has 1 unspecified atom stereocenters. The lowest BCUT2D eigenvalue weighted by atomic mass is 10.2. The van der Waals surface area contributed by atoms with Crippen LogP contribution in [0.1, 0.15) is 18.4 Å². The molecule has 0 radical (unpaired) electrons. The van der Waals surface area contributed by atoms with Gasteiger partial charge < -0.3 is 10.1 Å². The van der Waals surface area contributed by atoms with Gasteiger partial charge in [0.25, 0.3) is 0 Å². The van der Waals surface area contributed by atoms with E-state index in [-0.39, 0.29) is 18.0 Å². The third-order valence-electron chi connectivity index (χ3n) is 5.52. The van der Waals surface area contributed by atoms with Gasteiger partial charge >= 0.3 is 0 Å². The van der Waals surface area contributed by atoms with Crippen LogP contribution in [0.5, 0.6) is 0 Å². The summed E-state index contributed by atoms with van der Waals surface area (Å²) in [5.41, 5.74) is 1.48. The van der Waals surface area contributed by atoms with Gasteiger partial charge in [0.15, 0.2) is 0 Å². The van der Waals surface area contributed by atoms with Gasteiger partial charge in [-0.2, -0.15) is 4.31 Å². The van der Waals surface area contributed by atoms with Crippen LogP contribution in [0.4, 0.5) is 4.39 Å². The molecule has 11 heteroatoms. The number of rotatable bonds is 8. The quantitative estimate of drug-likeness (QED) is 0.547. The Labute approximate surface area is 185 Å². The molecular formula is C21H24FN5O4S. The monoisotopic (exact) mass is 461 g/mol. The minimum Gasteiger partial charge on any atom is -0.383 e. The predicted molar refractivity (Wildman–Crippen MR) is 115 cm³/mol. The van der Waals surface area contributed by atoms with Crippen molar-refractivity contribution in [2.45, 2.75) is 36.9 Å². The second-order valence-corrected chi connectivity index (χ2v) is 9.43. The number of nitrogens with one attached hydrogen (secondary N) is 1. The number of aromatic nitrogens is 3. The highest BCUT2D eigenvalue weighted by Crippen LogP contribution is 2.28. The number of hydrogen-bond donors (Lipinski definition) is 1. The fraction of sp³-hybridized carbons (Fsp3) is 0.381. The predicted octanol–water partition coefficient (Wildman–Crippen LogP) is 1.69. The smallest absolute Gasteiger partial charge is 0.243 e.